The van der Waals surface area contributed by atoms with Crippen LogP contribution in [0.15, 0.2) is 0 Å². The van der Waals surface area contributed by atoms with E-state index in [1.165, 1.54) is 32.1 Å². The number of alkyl halides is 1. The Labute approximate surface area is 117 Å². The molecule has 1 fully saturated rings. The molecule has 0 aliphatic heterocycles. The molecule has 0 aromatic carbocycles. The standard InChI is InChI=1S/C15H28ClNO/c1-3-4-5-6-7-8-9-15(18)17(2)12-13-10-14(16)11-13/h13-14H,3-12H2,1-2H3. The summed E-state index contributed by atoms with van der Waals surface area (Å²) < 4.78 is 0. The van der Waals surface area contributed by atoms with E-state index >= 15 is 0 Å². The van der Waals surface area contributed by atoms with Crippen LogP contribution in [0.4, 0.5) is 0 Å². The minimum Gasteiger partial charge on any atom is -0.345 e. The first-order valence-corrected chi connectivity index (χ1v) is 7.95. The number of amides is 1. The van der Waals surface area contributed by atoms with Crippen LogP contribution in [0.5, 0.6) is 0 Å². The van der Waals surface area contributed by atoms with E-state index in [9.17, 15) is 4.79 Å². The van der Waals surface area contributed by atoms with Crippen molar-refractivity contribution in [3.63, 3.8) is 0 Å². The Kier molecular flexibility index (Phi) is 7.73. The van der Waals surface area contributed by atoms with Gasteiger partial charge in [0, 0.05) is 25.4 Å². The lowest BCUT2D eigenvalue weighted by atomic mass is 9.84. The van der Waals surface area contributed by atoms with E-state index in [1.807, 2.05) is 11.9 Å². The molecule has 0 atom stereocenters. The first kappa shape index (κ1) is 15.8. The SMILES string of the molecule is CCCCCCCCC(=O)N(C)CC1CC(Cl)C1. The number of hydrogen-bond donors (Lipinski definition) is 0. The van der Waals surface area contributed by atoms with Gasteiger partial charge in [0.25, 0.3) is 0 Å². The van der Waals surface area contributed by atoms with Crippen molar-refractivity contribution in [1.82, 2.24) is 4.90 Å². The minimum atomic E-state index is 0.309. The average molecular weight is 274 g/mol. The van der Waals surface area contributed by atoms with Crippen LogP contribution in [0, 0.1) is 5.92 Å². The van der Waals surface area contributed by atoms with Crippen molar-refractivity contribution >= 4 is 17.5 Å². The summed E-state index contributed by atoms with van der Waals surface area (Å²) in [6.45, 7) is 3.13. The van der Waals surface area contributed by atoms with Gasteiger partial charge >= 0.3 is 0 Å². The van der Waals surface area contributed by atoms with Gasteiger partial charge in [-0.05, 0) is 25.2 Å². The summed E-state index contributed by atoms with van der Waals surface area (Å²) in [5, 5.41) is 0.358. The van der Waals surface area contributed by atoms with Crippen LogP contribution >= 0.6 is 11.6 Å². The predicted octanol–water partition coefficient (Wildman–Crippen LogP) is 4.21. The van der Waals surface area contributed by atoms with Gasteiger partial charge in [0.2, 0.25) is 5.91 Å². The summed E-state index contributed by atoms with van der Waals surface area (Å²) in [5.74, 6) is 0.953. The van der Waals surface area contributed by atoms with Crippen LogP contribution in [0.3, 0.4) is 0 Å². The molecule has 0 heterocycles. The normalized spacial score (nSPS) is 22.6. The summed E-state index contributed by atoms with van der Waals surface area (Å²) in [4.78, 5) is 13.8. The Hall–Kier alpha value is -0.240. The number of nitrogens with zero attached hydrogens (tertiary/aromatic N) is 1. The molecular formula is C15H28ClNO. The van der Waals surface area contributed by atoms with Gasteiger partial charge in [0.1, 0.15) is 0 Å². The Bertz CT molecular complexity index is 239. The highest BCUT2D eigenvalue weighted by molar-refractivity contribution is 6.21. The molecule has 1 amide bonds. The molecule has 1 rings (SSSR count). The van der Waals surface area contributed by atoms with Crippen molar-refractivity contribution in [3.05, 3.63) is 0 Å². The molecule has 0 spiro atoms. The fraction of sp³-hybridized carbons (Fsp3) is 0.933. The molecule has 0 saturated heterocycles. The van der Waals surface area contributed by atoms with Crippen LogP contribution < -0.4 is 0 Å². The number of carbonyl (C=O) groups excluding carboxylic acids is 1. The third-order valence-electron chi connectivity index (χ3n) is 3.88. The molecule has 0 aromatic heterocycles. The molecule has 0 N–H and O–H groups in total. The second-order valence-electron chi connectivity index (χ2n) is 5.73. The highest BCUT2D eigenvalue weighted by Gasteiger charge is 2.28. The molecule has 1 aliphatic rings. The Morgan fingerprint density at radius 1 is 1.17 bits per heavy atom. The predicted molar refractivity (Wildman–Crippen MR) is 78.0 cm³/mol. The van der Waals surface area contributed by atoms with E-state index in [4.69, 9.17) is 11.6 Å². The van der Waals surface area contributed by atoms with Crippen molar-refractivity contribution < 1.29 is 4.79 Å². The summed E-state index contributed by atoms with van der Waals surface area (Å²) in [7, 11) is 1.93. The zero-order valence-corrected chi connectivity index (χ0v) is 12.7. The smallest absolute Gasteiger partial charge is 0.222 e. The fourth-order valence-corrected chi connectivity index (χ4v) is 3.04. The quantitative estimate of drug-likeness (QED) is 0.455. The van der Waals surface area contributed by atoms with Gasteiger partial charge in [-0.15, -0.1) is 11.6 Å². The second-order valence-corrected chi connectivity index (χ2v) is 6.34. The van der Waals surface area contributed by atoms with E-state index in [0.29, 0.717) is 17.2 Å². The van der Waals surface area contributed by atoms with Crippen LogP contribution in [-0.2, 0) is 4.79 Å². The maximum absolute atomic E-state index is 11.9. The number of halogens is 1. The highest BCUT2D eigenvalue weighted by atomic mass is 35.5. The van der Waals surface area contributed by atoms with E-state index in [1.54, 1.807) is 0 Å². The molecule has 0 aromatic rings. The fourth-order valence-electron chi connectivity index (χ4n) is 2.54. The Balaban J connectivity index is 1.98. The largest absolute Gasteiger partial charge is 0.345 e. The van der Waals surface area contributed by atoms with E-state index in [0.717, 1.165) is 32.2 Å². The first-order valence-electron chi connectivity index (χ1n) is 7.51. The molecule has 3 heteroatoms. The van der Waals surface area contributed by atoms with Crippen LogP contribution in [0.2, 0.25) is 0 Å². The molecule has 1 aliphatic carbocycles. The molecule has 18 heavy (non-hydrogen) atoms. The zero-order valence-electron chi connectivity index (χ0n) is 12.0. The van der Waals surface area contributed by atoms with Gasteiger partial charge in [0.05, 0.1) is 0 Å². The molecule has 0 unspecified atom stereocenters. The van der Waals surface area contributed by atoms with Crippen molar-refractivity contribution in [2.45, 2.75) is 70.1 Å². The van der Waals surface area contributed by atoms with E-state index in [2.05, 4.69) is 6.92 Å². The van der Waals surface area contributed by atoms with Crippen molar-refractivity contribution in [1.29, 1.82) is 0 Å². The molecule has 0 radical (unpaired) electrons. The van der Waals surface area contributed by atoms with Gasteiger partial charge in [0.15, 0.2) is 0 Å². The number of rotatable bonds is 9. The topological polar surface area (TPSA) is 20.3 Å². The monoisotopic (exact) mass is 273 g/mol. The average Bonchev–Trinajstić information content (AvgIpc) is 2.31. The number of unbranched alkanes of at least 4 members (excludes halogenated alkanes) is 5. The van der Waals surface area contributed by atoms with Gasteiger partial charge < -0.3 is 4.90 Å². The Morgan fingerprint density at radius 3 is 2.39 bits per heavy atom. The lowest BCUT2D eigenvalue weighted by Gasteiger charge is -2.34. The van der Waals surface area contributed by atoms with Crippen LogP contribution in [-0.4, -0.2) is 29.8 Å². The van der Waals surface area contributed by atoms with Crippen molar-refractivity contribution in [2.24, 2.45) is 5.92 Å². The minimum absolute atomic E-state index is 0.309. The van der Waals surface area contributed by atoms with Gasteiger partial charge in [-0.2, -0.15) is 0 Å². The lowest BCUT2D eigenvalue weighted by Crippen LogP contribution is -2.37. The van der Waals surface area contributed by atoms with E-state index in [-0.39, 0.29) is 0 Å². The maximum atomic E-state index is 11.9. The molecule has 1 saturated carbocycles. The summed E-state index contributed by atoms with van der Waals surface area (Å²) >= 11 is 5.95. The van der Waals surface area contributed by atoms with Crippen LogP contribution in [0.1, 0.15) is 64.7 Å². The molecule has 106 valence electrons. The lowest BCUT2D eigenvalue weighted by molar-refractivity contribution is -0.130. The third-order valence-corrected chi connectivity index (χ3v) is 4.24. The zero-order chi connectivity index (χ0) is 13.4. The maximum Gasteiger partial charge on any atom is 0.222 e. The van der Waals surface area contributed by atoms with Gasteiger partial charge in [-0.3, -0.25) is 4.79 Å². The molecule has 0 bridgehead atoms. The van der Waals surface area contributed by atoms with Crippen molar-refractivity contribution in [2.75, 3.05) is 13.6 Å². The molecular weight excluding hydrogens is 246 g/mol. The summed E-state index contributed by atoms with van der Waals surface area (Å²) in [6.07, 6.45) is 10.3. The van der Waals surface area contributed by atoms with Gasteiger partial charge in [-0.25, -0.2) is 0 Å². The van der Waals surface area contributed by atoms with E-state index < -0.39 is 0 Å². The Morgan fingerprint density at radius 2 is 1.78 bits per heavy atom. The van der Waals surface area contributed by atoms with Crippen molar-refractivity contribution in [3.8, 4) is 0 Å². The first-order chi connectivity index (χ1) is 8.63. The number of carbonyl (C=O) groups is 1. The summed E-state index contributed by atoms with van der Waals surface area (Å²) in [6, 6.07) is 0. The molecule has 2 nitrogen and oxygen atoms in total. The highest BCUT2D eigenvalue weighted by Crippen LogP contribution is 2.32. The van der Waals surface area contributed by atoms with Gasteiger partial charge in [-0.1, -0.05) is 39.0 Å². The van der Waals surface area contributed by atoms with Crippen LogP contribution in [0.25, 0.3) is 0 Å². The summed E-state index contributed by atoms with van der Waals surface area (Å²) in [5.41, 5.74) is 0. The second kappa shape index (κ2) is 8.79. The third kappa shape index (κ3) is 6.08. The number of hydrogen-bond acceptors (Lipinski definition) is 1.